The average molecular weight is 186 g/mol. The maximum Gasteiger partial charge on any atom is 0.270 e. The van der Waals surface area contributed by atoms with Crippen molar-refractivity contribution >= 4 is 0 Å². The number of hydrogen-bond donors (Lipinski definition) is 0. The molecule has 0 spiro atoms. The lowest BCUT2D eigenvalue weighted by atomic mass is 10.1. The first-order chi connectivity index (χ1) is 6.02. The van der Waals surface area contributed by atoms with Crippen LogP contribution in [-0.4, -0.2) is 0 Å². The molecule has 74 valence electrons. The molecule has 0 bridgehead atoms. The summed E-state index contributed by atoms with van der Waals surface area (Å²) in [6.07, 6.45) is 4.54. The van der Waals surface area contributed by atoms with Crippen molar-refractivity contribution in [3.63, 3.8) is 0 Å². The molecule has 0 atom stereocenters. The Balaban J connectivity index is 3.88. The highest BCUT2D eigenvalue weighted by atomic mass is 19.3. The van der Waals surface area contributed by atoms with Gasteiger partial charge in [-0.25, -0.2) is 0 Å². The fourth-order valence-electron chi connectivity index (χ4n) is 0.877. The first kappa shape index (κ1) is 12.1. The second kappa shape index (κ2) is 6.58. The summed E-state index contributed by atoms with van der Waals surface area (Å²) in [5.41, 5.74) is 2.24. The number of hydrogen-bond acceptors (Lipinski definition) is 0. The van der Waals surface area contributed by atoms with Gasteiger partial charge in [0.1, 0.15) is 0 Å². The highest BCUT2D eigenvalue weighted by Gasteiger charge is 1.88. The van der Waals surface area contributed by atoms with E-state index in [2.05, 4.69) is 6.08 Å². The fraction of sp³-hybridized carbons (Fsp3) is 0.455. The normalized spacial score (nSPS) is 11.0. The Labute approximate surface area is 78.7 Å². The van der Waals surface area contributed by atoms with Crippen LogP contribution in [0.5, 0.6) is 0 Å². The van der Waals surface area contributed by atoms with Crippen LogP contribution in [0.15, 0.2) is 35.5 Å². The molecule has 0 aromatic carbocycles. The number of halogens is 2. The molecule has 0 nitrogen and oxygen atoms in total. The Kier molecular flexibility index (Phi) is 6.11. The van der Waals surface area contributed by atoms with Gasteiger partial charge < -0.3 is 0 Å². The molecule has 0 saturated carbocycles. The van der Waals surface area contributed by atoms with Crippen LogP contribution in [0.3, 0.4) is 0 Å². The second-order valence-corrected chi connectivity index (χ2v) is 3.29. The predicted octanol–water partition coefficient (Wildman–Crippen LogP) is 4.46. The summed E-state index contributed by atoms with van der Waals surface area (Å²) < 4.78 is 23.3. The van der Waals surface area contributed by atoms with Crippen LogP contribution < -0.4 is 0 Å². The Morgan fingerprint density at radius 1 is 1.08 bits per heavy atom. The molecule has 0 aliphatic heterocycles. The summed E-state index contributed by atoms with van der Waals surface area (Å²) in [4.78, 5) is 0. The third-order valence-corrected chi connectivity index (χ3v) is 1.59. The molecule has 0 aliphatic rings. The Hall–Kier alpha value is -0.920. The van der Waals surface area contributed by atoms with E-state index in [1.807, 2.05) is 20.8 Å². The zero-order chi connectivity index (χ0) is 10.3. The zero-order valence-corrected chi connectivity index (χ0v) is 8.40. The van der Waals surface area contributed by atoms with Crippen molar-refractivity contribution in [1.82, 2.24) is 0 Å². The first-order valence-electron chi connectivity index (χ1n) is 4.34. The summed E-state index contributed by atoms with van der Waals surface area (Å²) in [5.74, 6) is 0. The van der Waals surface area contributed by atoms with Gasteiger partial charge in [0.15, 0.2) is 0 Å². The van der Waals surface area contributed by atoms with Gasteiger partial charge in [0, 0.05) is 6.08 Å². The smallest absolute Gasteiger partial charge is 0.173 e. The number of allylic oxidation sites excluding steroid dienone is 5. The highest BCUT2D eigenvalue weighted by molar-refractivity contribution is 5.11. The lowest BCUT2D eigenvalue weighted by Gasteiger charge is -1.95. The van der Waals surface area contributed by atoms with E-state index in [9.17, 15) is 8.78 Å². The Bertz CT molecular complexity index is 226. The van der Waals surface area contributed by atoms with Crippen LogP contribution in [0, 0.1) is 0 Å². The van der Waals surface area contributed by atoms with Crippen LogP contribution >= 0.6 is 0 Å². The zero-order valence-electron chi connectivity index (χ0n) is 8.40. The Morgan fingerprint density at radius 2 is 1.69 bits per heavy atom. The second-order valence-electron chi connectivity index (χ2n) is 3.29. The quantitative estimate of drug-likeness (QED) is 0.449. The summed E-state index contributed by atoms with van der Waals surface area (Å²) in [6, 6.07) is 0. The average Bonchev–Trinajstić information content (AvgIpc) is 2.00. The van der Waals surface area contributed by atoms with Crippen molar-refractivity contribution in [3.05, 3.63) is 35.5 Å². The van der Waals surface area contributed by atoms with E-state index in [-0.39, 0.29) is 0 Å². The molecule has 0 rings (SSSR count). The topological polar surface area (TPSA) is 0 Å². The van der Waals surface area contributed by atoms with Crippen LogP contribution in [0.2, 0.25) is 0 Å². The molecule has 0 aliphatic carbocycles. The molecule has 0 radical (unpaired) electrons. The van der Waals surface area contributed by atoms with Crippen molar-refractivity contribution in [2.24, 2.45) is 0 Å². The van der Waals surface area contributed by atoms with Crippen molar-refractivity contribution < 1.29 is 8.78 Å². The van der Waals surface area contributed by atoms with Crippen molar-refractivity contribution in [1.29, 1.82) is 0 Å². The molecule has 0 fully saturated rings. The van der Waals surface area contributed by atoms with E-state index < -0.39 is 6.08 Å². The van der Waals surface area contributed by atoms with Crippen molar-refractivity contribution in [2.45, 2.75) is 33.6 Å². The van der Waals surface area contributed by atoms with E-state index in [0.717, 1.165) is 24.5 Å². The van der Waals surface area contributed by atoms with Gasteiger partial charge in [0.2, 0.25) is 0 Å². The van der Waals surface area contributed by atoms with Crippen LogP contribution in [0.4, 0.5) is 8.78 Å². The van der Waals surface area contributed by atoms with Gasteiger partial charge in [0.25, 0.3) is 6.08 Å². The Morgan fingerprint density at radius 3 is 2.15 bits per heavy atom. The lowest BCUT2D eigenvalue weighted by Crippen LogP contribution is -1.76. The summed E-state index contributed by atoms with van der Waals surface area (Å²) >= 11 is 0. The molecule has 0 heterocycles. The molecule has 0 unspecified atom stereocenters. The van der Waals surface area contributed by atoms with E-state index in [1.54, 1.807) is 0 Å². The number of rotatable bonds is 4. The summed E-state index contributed by atoms with van der Waals surface area (Å²) in [6.45, 7) is 5.92. The fourth-order valence-corrected chi connectivity index (χ4v) is 0.877. The SMILES string of the molecule is CC(C)=CCC/C(C)=C/C=C(F)F. The van der Waals surface area contributed by atoms with Crippen molar-refractivity contribution in [2.75, 3.05) is 0 Å². The van der Waals surface area contributed by atoms with Gasteiger partial charge in [-0.05, 0) is 33.6 Å². The molecule has 2 heteroatoms. The van der Waals surface area contributed by atoms with Crippen LogP contribution in [-0.2, 0) is 0 Å². The monoisotopic (exact) mass is 186 g/mol. The molecule has 0 aromatic heterocycles. The predicted molar refractivity (Wildman–Crippen MR) is 52.7 cm³/mol. The van der Waals surface area contributed by atoms with E-state index in [1.165, 1.54) is 11.6 Å². The molecule has 13 heavy (non-hydrogen) atoms. The third-order valence-electron chi connectivity index (χ3n) is 1.59. The summed E-state index contributed by atoms with van der Waals surface area (Å²) in [7, 11) is 0. The molecular weight excluding hydrogens is 170 g/mol. The van der Waals surface area contributed by atoms with Gasteiger partial charge in [0.05, 0.1) is 0 Å². The van der Waals surface area contributed by atoms with Crippen LogP contribution in [0.1, 0.15) is 33.6 Å². The van der Waals surface area contributed by atoms with Gasteiger partial charge in [-0.2, -0.15) is 8.78 Å². The third kappa shape index (κ3) is 8.99. The minimum Gasteiger partial charge on any atom is -0.173 e. The van der Waals surface area contributed by atoms with E-state index >= 15 is 0 Å². The molecule has 0 amide bonds. The molecule has 0 aromatic rings. The maximum absolute atomic E-state index is 11.7. The largest absolute Gasteiger partial charge is 0.270 e. The van der Waals surface area contributed by atoms with E-state index in [0.29, 0.717) is 0 Å². The molecular formula is C11H16F2. The highest BCUT2D eigenvalue weighted by Crippen LogP contribution is 2.08. The van der Waals surface area contributed by atoms with Gasteiger partial charge in [-0.3, -0.25) is 0 Å². The summed E-state index contributed by atoms with van der Waals surface area (Å²) in [5, 5.41) is 0. The van der Waals surface area contributed by atoms with Gasteiger partial charge in [-0.1, -0.05) is 23.3 Å². The molecule has 0 saturated heterocycles. The van der Waals surface area contributed by atoms with Crippen LogP contribution in [0.25, 0.3) is 0 Å². The van der Waals surface area contributed by atoms with Gasteiger partial charge in [-0.15, -0.1) is 0 Å². The molecule has 0 N–H and O–H groups in total. The minimum atomic E-state index is -1.64. The first-order valence-corrected chi connectivity index (χ1v) is 4.34. The standard InChI is InChI=1S/C11H16F2/c1-9(2)5-4-6-10(3)7-8-11(12)13/h5,7-8H,4,6H2,1-3H3/b10-7+. The van der Waals surface area contributed by atoms with Gasteiger partial charge >= 0.3 is 0 Å². The van der Waals surface area contributed by atoms with Crippen molar-refractivity contribution in [3.8, 4) is 0 Å². The minimum absolute atomic E-state index is 0.842. The lowest BCUT2D eigenvalue weighted by molar-refractivity contribution is 0.422. The van der Waals surface area contributed by atoms with E-state index in [4.69, 9.17) is 0 Å². The maximum atomic E-state index is 11.7.